The van der Waals surface area contributed by atoms with Gasteiger partial charge < -0.3 is 14.0 Å². The molecule has 1 aliphatic heterocycles. The molecule has 3 rings (SSSR count). The van der Waals surface area contributed by atoms with E-state index in [1.54, 1.807) is 7.11 Å². The highest BCUT2D eigenvalue weighted by Crippen LogP contribution is 2.22. The van der Waals surface area contributed by atoms with Crippen LogP contribution in [-0.4, -0.2) is 47.4 Å². The third kappa shape index (κ3) is 3.28. The van der Waals surface area contributed by atoms with Crippen LogP contribution in [0.1, 0.15) is 19.7 Å². The van der Waals surface area contributed by atoms with Crippen LogP contribution in [0, 0.1) is 0 Å². The number of rotatable bonds is 4. The second-order valence-electron chi connectivity index (χ2n) is 5.67. The summed E-state index contributed by atoms with van der Waals surface area (Å²) in [7, 11) is 1.64. The molecule has 0 amide bonds. The molecular weight excluding hydrogens is 282 g/mol. The van der Waals surface area contributed by atoms with Gasteiger partial charge >= 0.3 is 0 Å². The first-order valence-electron chi connectivity index (χ1n) is 7.48. The Morgan fingerprint density at radius 2 is 2.23 bits per heavy atom. The Hall–Kier alpha value is -1.92. The molecule has 0 unspecified atom stereocenters. The quantitative estimate of drug-likeness (QED) is 0.864. The van der Waals surface area contributed by atoms with E-state index in [9.17, 15) is 0 Å². The van der Waals surface area contributed by atoms with Crippen LogP contribution in [0.25, 0.3) is 11.4 Å². The van der Waals surface area contributed by atoms with Gasteiger partial charge in [-0.15, -0.1) is 0 Å². The van der Waals surface area contributed by atoms with E-state index in [1.807, 2.05) is 24.3 Å². The minimum Gasteiger partial charge on any atom is -0.497 e. The fourth-order valence-corrected chi connectivity index (χ4v) is 2.56. The van der Waals surface area contributed by atoms with Crippen LogP contribution in [0.5, 0.6) is 5.75 Å². The zero-order chi connectivity index (χ0) is 15.5. The maximum atomic E-state index is 5.64. The highest BCUT2D eigenvalue weighted by Gasteiger charge is 2.25. The summed E-state index contributed by atoms with van der Waals surface area (Å²) in [6, 6.07) is 7.99. The molecule has 0 aliphatic carbocycles. The summed E-state index contributed by atoms with van der Waals surface area (Å²) in [6.07, 6.45) is 0.233. The zero-order valence-corrected chi connectivity index (χ0v) is 13.2. The summed E-state index contributed by atoms with van der Waals surface area (Å²) in [5, 5.41) is 4.07. The van der Waals surface area contributed by atoms with Crippen LogP contribution in [0.3, 0.4) is 0 Å². The average molecular weight is 303 g/mol. The SMILES string of the molecule is COc1cccc(-c2noc(CN3C[C@H](C)OC[C@@H]3C)n2)c1. The standard InChI is InChI=1S/C16H21N3O3/c1-11-10-21-12(2)8-19(11)9-15-17-16(18-22-15)13-5-4-6-14(7-13)20-3/h4-7,11-12H,8-10H2,1-3H3/t11-,12-/m0/s1. The summed E-state index contributed by atoms with van der Waals surface area (Å²) < 4.78 is 16.3. The number of nitrogens with zero attached hydrogens (tertiary/aromatic N) is 3. The minimum absolute atomic E-state index is 0.233. The molecule has 6 nitrogen and oxygen atoms in total. The molecule has 22 heavy (non-hydrogen) atoms. The summed E-state index contributed by atoms with van der Waals surface area (Å²) >= 11 is 0. The normalized spacial score (nSPS) is 22.7. The maximum absolute atomic E-state index is 5.64. The molecule has 0 bridgehead atoms. The number of benzene rings is 1. The third-order valence-electron chi connectivity index (χ3n) is 3.87. The van der Waals surface area contributed by atoms with Gasteiger partial charge in [-0.3, -0.25) is 4.90 Å². The van der Waals surface area contributed by atoms with E-state index in [1.165, 1.54) is 0 Å². The van der Waals surface area contributed by atoms with Gasteiger partial charge in [0.2, 0.25) is 11.7 Å². The number of methoxy groups -OCH3 is 1. The van der Waals surface area contributed by atoms with E-state index in [0.29, 0.717) is 24.3 Å². The molecule has 118 valence electrons. The van der Waals surface area contributed by atoms with Gasteiger partial charge in [0.05, 0.1) is 26.4 Å². The van der Waals surface area contributed by atoms with Crippen molar-refractivity contribution >= 4 is 0 Å². The predicted octanol–water partition coefficient (Wildman–Crippen LogP) is 2.35. The minimum atomic E-state index is 0.233. The Bertz CT molecular complexity index is 629. The Morgan fingerprint density at radius 1 is 1.36 bits per heavy atom. The summed E-state index contributed by atoms with van der Waals surface area (Å²) in [6.45, 7) is 6.47. The lowest BCUT2D eigenvalue weighted by molar-refractivity contribution is -0.0555. The largest absolute Gasteiger partial charge is 0.497 e. The molecule has 0 radical (unpaired) electrons. The fourth-order valence-electron chi connectivity index (χ4n) is 2.56. The number of hydrogen-bond acceptors (Lipinski definition) is 6. The Kier molecular flexibility index (Phi) is 4.40. The number of hydrogen-bond donors (Lipinski definition) is 0. The highest BCUT2D eigenvalue weighted by atomic mass is 16.5. The molecule has 2 heterocycles. The van der Waals surface area contributed by atoms with E-state index >= 15 is 0 Å². The molecule has 1 aliphatic rings. The topological polar surface area (TPSA) is 60.6 Å². The van der Waals surface area contributed by atoms with E-state index in [-0.39, 0.29) is 6.10 Å². The van der Waals surface area contributed by atoms with Crippen molar-refractivity contribution in [3.8, 4) is 17.1 Å². The molecule has 0 N–H and O–H groups in total. The Labute approximate surface area is 130 Å². The molecule has 2 aromatic rings. The van der Waals surface area contributed by atoms with E-state index in [4.69, 9.17) is 14.0 Å². The molecule has 0 saturated carbocycles. The molecule has 1 aromatic carbocycles. The first-order chi connectivity index (χ1) is 10.7. The maximum Gasteiger partial charge on any atom is 0.241 e. The second kappa shape index (κ2) is 6.46. The molecule has 1 saturated heterocycles. The lowest BCUT2D eigenvalue weighted by atomic mass is 10.2. The second-order valence-corrected chi connectivity index (χ2v) is 5.67. The van der Waals surface area contributed by atoms with Crippen molar-refractivity contribution in [1.82, 2.24) is 15.0 Å². The van der Waals surface area contributed by atoms with Gasteiger partial charge in [-0.25, -0.2) is 0 Å². The average Bonchev–Trinajstić information content (AvgIpc) is 2.99. The van der Waals surface area contributed by atoms with E-state index in [2.05, 4.69) is 28.9 Å². The van der Waals surface area contributed by atoms with E-state index in [0.717, 1.165) is 24.5 Å². The van der Waals surface area contributed by atoms with Gasteiger partial charge in [0.25, 0.3) is 0 Å². The van der Waals surface area contributed by atoms with Crippen LogP contribution in [0.4, 0.5) is 0 Å². The molecule has 1 aromatic heterocycles. The van der Waals surface area contributed by atoms with Crippen LogP contribution >= 0.6 is 0 Å². The van der Waals surface area contributed by atoms with Gasteiger partial charge in [-0.2, -0.15) is 4.98 Å². The van der Waals surface area contributed by atoms with Crippen molar-refractivity contribution in [3.05, 3.63) is 30.2 Å². The molecule has 1 fully saturated rings. The first kappa shape index (κ1) is 15.0. The summed E-state index contributed by atoms with van der Waals surface area (Å²) in [4.78, 5) is 6.80. The first-order valence-corrected chi connectivity index (χ1v) is 7.48. The van der Waals surface area contributed by atoms with Crippen LogP contribution in [0.15, 0.2) is 28.8 Å². The Morgan fingerprint density at radius 3 is 3.05 bits per heavy atom. The van der Waals surface area contributed by atoms with Crippen molar-refractivity contribution < 1.29 is 14.0 Å². The van der Waals surface area contributed by atoms with Gasteiger partial charge in [0.15, 0.2) is 0 Å². The molecule has 2 atom stereocenters. The summed E-state index contributed by atoms with van der Waals surface area (Å²) in [5.41, 5.74) is 0.887. The van der Waals surface area contributed by atoms with Gasteiger partial charge in [-0.05, 0) is 26.0 Å². The van der Waals surface area contributed by atoms with E-state index < -0.39 is 0 Å². The number of morpholine rings is 1. The van der Waals surface area contributed by atoms with Crippen LogP contribution in [0.2, 0.25) is 0 Å². The smallest absolute Gasteiger partial charge is 0.241 e. The number of ether oxygens (including phenoxy) is 2. The van der Waals surface area contributed by atoms with Crippen LogP contribution < -0.4 is 4.74 Å². The number of aromatic nitrogens is 2. The highest BCUT2D eigenvalue weighted by molar-refractivity contribution is 5.56. The lowest BCUT2D eigenvalue weighted by Gasteiger charge is -2.35. The van der Waals surface area contributed by atoms with Gasteiger partial charge in [-0.1, -0.05) is 17.3 Å². The Balaban J connectivity index is 1.73. The van der Waals surface area contributed by atoms with Crippen molar-refractivity contribution in [3.63, 3.8) is 0 Å². The van der Waals surface area contributed by atoms with Gasteiger partial charge in [0, 0.05) is 18.2 Å². The zero-order valence-electron chi connectivity index (χ0n) is 13.2. The summed E-state index contributed by atoms with van der Waals surface area (Å²) in [5.74, 6) is 1.99. The fraction of sp³-hybridized carbons (Fsp3) is 0.500. The van der Waals surface area contributed by atoms with Crippen LogP contribution in [-0.2, 0) is 11.3 Å². The van der Waals surface area contributed by atoms with Crippen molar-refractivity contribution in [2.75, 3.05) is 20.3 Å². The van der Waals surface area contributed by atoms with Crippen molar-refractivity contribution in [1.29, 1.82) is 0 Å². The molecule has 6 heteroatoms. The van der Waals surface area contributed by atoms with Gasteiger partial charge in [0.1, 0.15) is 5.75 Å². The molecular formula is C16H21N3O3. The van der Waals surface area contributed by atoms with Crippen molar-refractivity contribution in [2.24, 2.45) is 0 Å². The molecule has 0 spiro atoms. The lowest BCUT2D eigenvalue weighted by Crippen LogP contribution is -2.46. The predicted molar refractivity (Wildman–Crippen MR) is 81.6 cm³/mol. The monoisotopic (exact) mass is 303 g/mol. The van der Waals surface area contributed by atoms with Crippen molar-refractivity contribution in [2.45, 2.75) is 32.5 Å². The third-order valence-corrected chi connectivity index (χ3v) is 3.87.